The molecule has 0 aliphatic carbocycles. The molecule has 1 N–H and O–H groups in total. The third kappa shape index (κ3) is 4.85. The van der Waals surface area contributed by atoms with E-state index < -0.39 is 0 Å². The second kappa shape index (κ2) is 8.39. The van der Waals surface area contributed by atoms with Crippen molar-refractivity contribution in [2.24, 2.45) is 0 Å². The number of ether oxygens (including phenoxy) is 2. The maximum Gasteiger partial charge on any atom is 0.165 e. The van der Waals surface area contributed by atoms with Crippen LogP contribution in [0, 0.1) is 5.82 Å². The summed E-state index contributed by atoms with van der Waals surface area (Å²) in [6.07, 6.45) is -0.333. The van der Waals surface area contributed by atoms with Crippen LogP contribution in [0.25, 0.3) is 0 Å². The quantitative estimate of drug-likeness (QED) is 0.757. The fourth-order valence-electron chi connectivity index (χ4n) is 1.92. The van der Waals surface area contributed by atoms with Crippen molar-refractivity contribution in [3.8, 4) is 5.75 Å². The number of para-hydroxylation sites is 1. The summed E-state index contributed by atoms with van der Waals surface area (Å²) in [7, 11) is 1.87. The smallest absolute Gasteiger partial charge is 0.165 e. The summed E-state index contributed by atoms with van der Waals surface area (Å²) >= 11 is 0. The second-order valence-corrected chi connectivity index (χ2v) is 4.63. The summed E-state index contributed by atoms with van der Waals surface area (Å²) in [4.78, 5) is 0. The molecule has 2 aromatic rings. The van der Waals surface area contributed by atoms with Gasteiger partial charge in [-0.3, -0.25) is 0 Å². The fourth-order valence-corrected chi connectivity index (χ4v) is 1.92. The molecular formula is C17H20FNO2. The van der Waals surface area contributed by atoms with Crippen molar-refractivity contribution in [1.82, 2.24) is 5.32 Å². The molecule has 112 valence electrons. The van der Waals surface area contributed by atoms with Gasteiger partial charge in [0.15, 0.2) is 11.6 Å². The molecule has 21 heavy (non-hydrogen) atoms. The highest BCUT2D eigenvalue weighted by Gasteiger charge is 2.15. The van der Waals surface area contributed by atoms with E-state index in [0.717, 1.165) is 12.1 Å². The van der Waals surface area contributed by atoms with Gasteiger partial charge in [0.2, 0.25) is 0 Å². The number of rotatable bonds is 8. The molecule has 0 aliphatic heterocycles. The highest BCUT2D eigenvalue weighted by molar-refractivity contribution is 5.26. The maximum absolute atomic E-state index is 13.7. The lowest BCUT2D eigenvalue weighted by atomic mass is 10.1. The lowest BCUT2D eigenvalue weighted by molar-refractivity contribution is 0.0494. The predicted molar refractivity (Wildman–Crippen MR) is 81.0 cm³/mol. The van der Waals surface area contributed by atoms with Gasteiger partial charge in [-0.15, -0.1) is 0 Å². The van der Waals surface area contributed by atoms with E-state index in [2.05, 4.69) is 5.32 Å². The Kier molecular flexibility index (Phi) is 6.19. The third-order valence-electron chi connectivity index (χ3n) is 3.04. The van der Waals surface area contributed by atoms with Crippen molar-refractivity contribution in [3.63, 3.8) is 0 Å². The Bertz CT molecular complexity index is 533. The summed E-state index contributed by atoms with van der Waals surface area (Å²) < 4.78 is 25.1. The van der Waals surface area contributed by atoms with Crippen LogP contribution >= 0.6 is 0 Å². The maximum atomic E-state index is 13.7. The average Bonchev–Trinajstić information content (AvgIpc) is 2.53. The molecule has 0 aliphatic rings. The van der Waals surface area contributed by atoms with Crippen molar-refractivity contribution < 1.29 is 13.9 Å². The SMILES string of the molecule is CNCCOCC(Oc1ccccc1F)c1ccccc1. The first-order valence-electron chi connectivity index (χ1n) is 6.99. The molecule has 2 rings (SSSR count). The molecular weight excluding hydrogens is 269 g/mol. The zero-order valence-electron chi connectivity index (χ0n) is 12.1. The van der Waals surface area contributed by atoms with E-state index >= 15 is 0 Å². The van der Waals surface area contributed by atoms with E-state index in [1.54, 1.807) is 18.2 Å². The molecule has 3 nitrogen and oxygen atoms in total. The van der Waals surface area contributed by atoms with E-state index in [1.807, 2.05) is 37.4 Å². The summed E-state index contributed by atoms with van der Waals surface area (Å²) in [6.45, 7) is 1.72. The van der Waals surface area contributed by atoms with Crippen LogP contribution in [0.5, 0.6) is 5.75 Å². The number of hydrogen-bond donors (Lipinski definition) is 1. The largest absolute Gasteiger partial charge is 0.480 e. The Hall–Kier alpha value is -1.91. The molecule has 0 heterocycles. The first kappa shape index (κ1) is 15.5. The minimum Gasteiger partial charge on any atom is -0.480 e. The summed E-state index contributed by atoms with van der Waals surface area (Å²) in [5.74, 6) is -0.128. The zero-order valence-corrected chi connectivity index (χ0v) is 12.1. The molecule has 0 fully saturated rings. The Morgan fingerprint density at radius 3 is 2.48 bits per heavy atom. The van der Waals surface area contributed by atoms with Crippen LogP contribution in [-0.4, -0.2) is 26.8 Å². The molecule has 1 atom stereocenters. The van der Waals surface area contributed by atoms with Crippen molar-refractivity contribution in [1.29, 1.82) is 0 Å². The average molecular weight is 289 g/mol. The molecule has 0 spiro atoms. The number of hydrogen-bond acceptors (Lipinski definition) is 3. The zero-order chi connectivity index (χ0) is 14.9. The van der Waals surface area contributed by atoms with Gasteiger partial charge < -0.3 is 14.8 Å². The normalized spacial score (nSPS) is 12.1. The molecule has 0 amide bonds. The Morgan fingerprint density at radius 1 is 1.05 bits per heavy atom. The van der Waals surface area contributed by atoms with Crippen molar-refractivity contribution >= 4 is 0 Å². The molecule has 0 saturated carbocycles. The van der Waals surface area contributed by atoms with Crippen molar-refractivity contribution in [2.75, 3.05) is 26.8 Å². The van der Waals surface area contributed by atoms with Gasteiger partial charge in [0.25, 0.3) is 0 Å². The van der Waals surface area contributed by atoms with Crippen molar-refractivity contribution in [2.45, 2.75) is 6.10 Å². The third-order valence-corrected chi connectivity index (χ3v) is 3.04. The lowest BCUT2D eigenvalue weighted by Gasteiger charge is -2.20. The predicted octanol–water partition coefficient (Wildman–Crippen LogP) is 3.18. The van der Waals surface area contributed by atoms with Crippen LogP contribution in [0.1, 0.15) is 11.7 Å². The number of halogens is 1. The Balaban J connectivity index is 2.07. The molecule has 4 heteroatoms. The van der Waals surface area contributed by atoms with Gasteiger partial charge >= 0.3 is 0 Å². The van der Waals surface area contributed by atoms with Crippen LogP contribution in [-0.2, 0) is 4.74 Å². The van der Waals surface area contributed by atoms with Crippen LogP contribution in [0.15, 0.2) is 54.6 Å². The number of benzene rings is 2. The first-order valence-corrected chi connectivity index (χ1v) is 6.99. The van der Waals surface area contributed by atoms with Gasteiger partial charge in [-0.05, 0) is 24.7 Å². The standard InChI is InChI=1S/C17H20FNO2/c1-19-11-12-20-13-17(14-7-3-2-4-8-14)21-16-10-6-5-9-15(16)18/h2-10,17,19H,11-13H2,1H3. The second-order valence-electron chi connectivity index (χ2n) is 4.63. The molecule has 0 saturated heterocycles. The Morgan fingerprint density at radius 2 is 1.76 bits per heavy atom. The summed E-state index contributed by atoms with van der Waals surface area (Å²) in [5, 5.41) is 3.01. The van der Waals surface area contributed by atoms with Gasteiger partial charge in [-0.2, -0.15) is 0 Å². The van der Waals surface area contributed by atoms with Gasteiger partial charge in [0.1, 0.15) is 6.10 Å². The minimum atomic E-state index is -0.367. The first-order chi connectivity index (χ1) is 10.3. The van der Waals surface area contributed by atoms with Gasteiger partial charge in [0.05, 0.1) is 13.2 Å². The lowest BCUT2D eigenvalue weighted by Crippen LogP contribution is -2.20. The number of nitrogens with one attached hydrogen (secondary N) is 1. The highest BCUT2D eigenvalue weighted by atomic mass is 19.1. The molecule has 2 aromatic carbocycles. The van der Waals surface area contributed by atoms with E-state index in [9.17, 15) is 4.39 Å². The Labute approximate surface area is 124 Å². The van der Waals surface area contributed by atoms with Gasteiger partial charge in [-0.25, -0.2) is 4.39 Å². The van der Waals surface area contributed by atoms with E-state index in [0.29, 0.717) is 13.2 Å². The van der Waals surface area contributed by atoms with Gasteiger partial charge in [-0.1, -0.05) is 42.5 Å². The van der Waals surface area contributed by atoms with E-state index in [1.165, 1.54) is 6.07 Å². The van der Waals surface area contributed by atoms with E-state index in [-0.39, 0.29) is 17.7 Å². The fraction of sp³-hybridized carbons (Fsp3) is 0.294. The summed E-state index contributed by atoms with van der Waals surface area (Å²) in [6, 6.07) is 16.1. The molecule has 1 unspecified atom stereocenters. The number of likely N-dealkylation sites (N-methyl/N-ethyl adjacent to an activating group) is 1. The monoisotopic (exact) mass is 289 g/mol. The minimum absolute atomic E-state index is 0.239. The molecule has 0 radical (unpaired) electrons. The molecule has 0 bridgehead atoms. The van der Waals surface area contributed by atoms with Crippen LogP contribution in [0.4, 0.5) is 4.39 Å². The van der Waals surface area contributed by atoms with Crippen LogP contribution in [0.3, 0.4) is 0 Å². The topological polar surface area (TPSA) is 30.5 Å². The van der Waals surface area contributed by atoms with Crippen LogP contribution < -0.4 is 10.1 Å². The van der Waals surface area contributed by atoms with E-state index in [4.69, 9.17) is 9.47 Å². The van der Waals surface area contributed by atoms with Crippen molar-refractivity contribution in [3.05, 3.63) is 66.0 Å². The molecule has 0 aromatic heterocycles. The van der Waals surface area contributed by atoms with Gasteiger partial charge in [0, 0.05) is 6.54 Å². The summed E-state index contributed by atoms with van der Waals surface area (Å²) in [5.41, 5.74) is 0.963. The van der Waals surface area contributed by atoms with Crippen LogP contribution in [0.2, 0.25) is 0 Å². The highest BCUT2D eigenvalue weighted by Crippen LogP contribution is 2.24.